The Bertz CT molecular complexity index is 306. The van der Waals surface area contributed by atoms with Gasteiger partial charge in [-0.25, -0.2) is 0 Å². The first-order valence-electron chi connectivity index (χ1n) is 3.93. The van der Waals surface area contributed by atoms with Crippen LogP contribution in [0.15, 0.2) is 12.4 Å². The minimum absolute atomic E-state index is 0.214. The Morgan fingerprint density at radius 3 is 3.08 bits per heavy atom. The number of hydrogen-bond donors (Lipinski definition) is 2. The summed E-state index contributed by atoms with van der Waals surface area (Å²) in [6, 6.07) is 0. The van der Waals surface area contributed by atoms with E-state index >= 15 is 0 Å². The second-order valence-corrected chi connectivity index (χ2v) is 3.57. The lowest BCUT2D eigenvalue weighted by Gasteiger charge is -2.02. The second kappa shape index (κ2) is 2.09. The number of nitrogens with two attached hydrogens (primary N) is 1. The van der Waals surface area contributed by atoms with E-state index in [9.17, 15) is 4.79 Å². The van der Waals surface area contributed by atoms with Crippen molar-refractivity contribution in [3.63, 3.8) is 0 Å². The highest BCUT2D eigenvalue weighted by atomic mass is 16.1. The summed E-state index contributed by atoms with van der Waals surface area (Å²) in [5.41, 5.74) is 6.01. The van der Waals surface area contributed by atoms with Crippen molar-refractivity contribution in [1.82, 2.24) is 10.2 Å². The molecule has 1 heterocycles. The Hall–Kier alpha value is -1.32. The SMILES string of the molecule is CC1(C(N)=O)CC1c1cn[nH]c1. The molecule has 0 spiro atoms. The molecule has 0 aromatic carbocycles. The summed E-state index contributed by atoms with van der Waals surface area (Å²) in [4.78, 5) is 11.0. The predicted molar refractivity (Wildman–Crippen MR) is 43.2 cm³/mol. The molecule has 4 heteroatoms. The highest BCUT2D eigenvalue weighted by Crippen LogP contribution is 2.58. The average Bonchev–Trinajstić information content (AvgIpc) is 2.49. The molecular formula is C8H11N3O. The zero-order valence-corrected chi connectivity index (χ0v) is 6.87. The third-order valence-electron chi connectivity index (χ3n) is 2.72. The lowest BCUT2D eigenvalue weighted by Crippen LogP contribution is -2.23. The van der Waals surface area contributed by atoms with Crippen LogP contribution in [0, 0.1) is 5.41 Å². The molecule has 0 aliphatic heterocycles. The molecular weight excluding hydrogens is 154 g/mol. The molecule has 0 saturated heterocycles. The van der Waals surface area contributed by atoms with E-state index in [2.05, 4.69) is 10.2 Å². The number of nitrogens with zero attached hydrogens (tertiary/aromatic N) is 1. The van der Waals surface area contributed by atoms with Gasteiger partial charge in [0, 0.05) is 12.1 Å². The van der Waals surface area contributed by atoms with Gasteiger partial charge in [0.15, 0.2) is 0 Å². The van der Waals surface area contributed by atoms with Crippen molar-refractivity contribution in [3.05, 3.63) is 18.0 Å². The van der Waals surface area contributed by atoms with Gasteiger partial charge in [-0.15, -0.1) is 0 Å². The highest BCUT2D eigenvalue weighted by molar-refractivity contribution is 5.85. The van der Waals surface area contributed by atoms with Gasteiger partial charge in [0.25, 0.3) is 0 Å². The maximum Gasteiger partial charge on any atom is 0.224 e. The minimum Gasteiger partial charge on any atom is -0.369 e. The smallest absolute Gasteiger partial charge is 0.224 e. The van der Waals surface area contributed by atoms with E-state index in [1.807, 2.05) is 13.1 Å². The molecule has 2 rings (SSSR count). The van der Waals surface area contributed by atoms with Crippen LogP contribution in [-0.2, 0) is 4.79 Å². The normalized spacial score (nSPS) is 33.2. The van der Waals surface area contributed by atoms with Gasteiger partial charge in [-0.3, -0.25) is 9.89 Å². The number of hydrogen-bond acceptors (Lipinski definition) is 2. The van der Waals surface area contributed by atoms with Gasteiger partial charge in [-0.1, -0.05) is 6.92 Å². The standard InChI is InChI=1S/C8H11N3O/c1-8(7(9)12)2-6(8)5-3-10-11-4-5/h3-4,6H,2H2,1H3,(H2,9,12)(H,10,11). The fourth-order valence-corrected chi connectivity index (χ4v) is 1.57. The van der Waals surface area contributed by atoms with Crippen molar-refractivity contribution in [2.24, 2.45) is 11.1 Å². The molecule has 2 atom stereocenters. The van der Waals surface area contributed by atoms with Crippen molar-refractivity contribution < 1.29 is 4.79 Å². The predicted octanol–water partition coefficient (Wildman–Crippen LogP) is 0.389. The van der Waals surface area contributed by atoms with Crippen LogP contribution in [0.1, 0.15) is 24.8 Å². The zero-order valence-electron chi connectivity index (χ0n) is 6.87. The lowest BCUT2D eigenvalue weighted by atomic mass is 10.0. The minimum atomic E-state index is -0.329. The van der Waals surface area contributed by atoms with Gasteiger partial charge in [0.2, 0.25) is 5.91 Å². The number of rotatable bonds is 2. The van der Waals surface area contributed by atoms with Crippen molar-refractivity contribution in [3.8, 4) is 0 Å². The number of carbonyl (C=O) groups is 1. The summed E-state index contributed by atoms with van der Waals surface area (Å²) in [6.07, 6.45) is 4.42. The summed E-state index contributed by atoms with van der Waals surface area (Å²) in [7, 11) is 0. The van der Waals surface area contributed by atoms with E-state index in [1.165, 1.54) is 0 Å². The lowest BCUT2D eigenvalue weighted by molar-refractivity contribution is -0.122. The third-order valence-corrected chi connectivity index (χ3v) is 2.72. The molecule has 1 aromatic rings. The Labute approximate surface area is 70.1 Å². The number of carbonyl (C=O) groups excluding carboxylic acids is 1. The van der Waals surface area contributed by atoms with E-state index in [1.54, 1.807) is 6.20 Å². The van der Waals surface area contributed by atoms with Crippen LogP contribution in [0.5, 0.6) is 0 Å². The summed E-state index contributed by atoms with van der Waals surface area (Å²) in [5.74, 6) is 0.0578. The summed E-state index contributed by atoms with van der Waals surface area (Å²) in [6.45, 7) is 1.90. The van der Waals surface area contributed by atoms with E-state index in [0.29, 0.717) is 0 Å². The number of aromatic nitrogens is 2. The number of nitrogens with one attached hydrogen (secondary N) is 1. The molecule has 1 aliphatic carbocycles. The molecule has 1 saturated carbocycles. The van der Waals surface area contributed by atoms with Crippen LogP contribution in [0.3, 0.4) is 0 Å². The first-order chi connectivity index (χ1) is 5.64. The third kappa shape index (κ3) is 0.841. The van der Waals surface area contributed by atoms with Crippen molar-refractivity contribution in [2.75, 3.05) is 0 Å². The fourth-order valence-electron chi connectivity index (χ4n) is 1.57. The molecule has 4 nitrogen and oxygen atoms in total. The van der Waals surface area contributed by atoms with E-state index < -0.39 is 0 Å². The number of aromatic amines is 1. The van der Waals surface area contributed by atoms with Crippen LogP contribution in [0.4, 0.5) is 0 Å². The largest absolute Gasteiger partial charge is 0.369 e. The van der Waals surface area contributed by atoms with Crippen LogP contribution < -0.4 is 5.73 Å². The topological polar surface area (TPSA) is 71.8 Å². The molecule has 2 unspecified atom stereocenters. The number of primary amides is 1. The summed E-state index contributed by atoms with van der Waals surface area (Å²) >= 11 is 0. The zero-order chi connectivity index (χ0) is 8.77. The van der Waals surface area contributed by atoms with Crippen LogP contribution in [0.2, 0.25) is 0 Å². The quantitative estimate of drug-likeness (QED) is 0.665. The summed E-state index contributed by atoms with van der Waals surface area (Å²) < 4.78 is 0. The average molecular weight is 165 g/mol. The molecule has 1 fully saturated rings. The van der Waals surface area contributed by atoms with Crippen LogP contribution in [-0.4, -0.2) is 16.1 Å². The second-order valence-electron chi connectivity index (χ2n) is 3.57. The summed E-state index contributed by atoms with van der Waals surface area (Å²) in [5, 5.41) is 6.56. The first-order valence-corrected chi connectivity index (χ1v) is 3.93. The van der Waals surface area contributed by atoms with Gasteiger partial charge in [-0.2, -0.15) is 5.10 Å². The fraction of sp³-hybridized carbons (Fsp3) is 0.500. The monoisotopic (exact) mass is 165 g/mol. The van der Waals surface area contributed by atoms with Crippen molar-refractivity contribution in [1.29, 1.82) is 0 Å². The molecule has 0 radical (unpaired) electrons. The van der Waals surface area contributed by atoms with Crippen LogP contribution in [0.25, 0.3) is 0 Å². The molecule has 1 amide bonds. The van der Waals surface area contributed by atoms with Crippen LogP contribution >= 0.6 is 0 Å². The van der Waals surface area contributed by atoms with Gasteiger partial charge >= 0.3 is 0 Å². The molecule has 64 valence electrons. The maximum absolute atomic E-state index is 11.0. The van der Waals surface area contributed by atoms with E-state index in [4.69, 9.17) is 5.73 Å². The molecule has 3 N–H and O–H groups in total. The van der Waals surface area contributed by atoms with Crippen molar-refractivity contribution >= 4 is 5.91 Å². The molecule has 1 aliphatic rings. The first kappa shape index (κ1) is 7.34. The number of amides is 1. The molecule has 1 aromatic heterocycles. The van der Waals surface area contributed by atoms with Crippen molar-refractivity contribution in [2.45, 2.75) is 19.3 Å². The molecule has 0 bridgehead atoms. The Morgan fingerprint density at radius 2 is 2.67 bits per heavy atom. The van der Waals surface area contributed by atoms with E-state index in [0.717, 1.165) is 12.0 Å². The highest BCUT2D eigenvalue weighted by Gasteiger charge is 2.55. The maximum atomic E-state index is 11.0. The number of H-pyrrole nitrogens is 1. The van der Waals surface area contributed by atoms with Gasteiger partial charge in [0.1, 0.15) is 0 Å². The van der Waals surface area contributed by atoms with Gasteiger partial charge in [-0.05, 0) is 12.0 Å². The van der Waals surface area contributed by atoms with Gasteiger partial charge < -0.3 is 5.73 Å². The Morgan fingerprint density at radius 1 is 1.92 bits per heavy atom. The Kier molecular flexibility index (Phi) is 1.28. The van der Waals surface area contributed by atoms with E-state index in [-0.39, 0.29) is 17.2 Å². The molecule has 12 heavy (non-hydrogen) atoms. The van der Waals surface area contributed by atoms with Gasteiger partial charge in [0.05, 0.1) is 11.6 Å². The Balaban J connectivity index is 2.19.